The number of nitriles is 1. The Hall–Kier alpha value is -1.08. The smallest absolute Gasteiger partial charge is 0.249 e. The maximum Gasteiger partial charge on any atom is 0.249 e. The molecule has 0 saturated heterocycles. The predicted octanol–water partition coefficient (Wildman–Crippen LogP) is -1.07. The third kappa shape index (κ3) is 2.16. The van der Waals surface area contributed by atoms with Gasteiger partial charge >= 0.3 is 0 Å². The van der Waals surface area contributed by atoms with Gasteiger partial charge in [-0.3, -0.25) is 10.1 Å². The highest BCUT2D eigenvalue weighted by Crippen LogP contribution is 1.70. The third-order valence-corrected chi connectivity index (χ3v) is 0.593. The van der Waals surface area contributed by atoms with Crippen LogP contribution in [0.3, 0.4) is 0 Å². The van der Waals surface area contributed by atoms with Gasteiger partial charge < -0.3 is 5.73 Å². The molecule has 1 amide bonds. The van der Waals surface area contributed by atoms with E-state index in [1.807, 2.05) is 5.32 Å². The van der Waals surface area contributed by atoms with Gasteiger partial charge in [-0.05, 0) is 6.92 Å². The van der Waals surface area contributed by atoms with Crippen LogP contribution in [-0.2, 0) is 4.79 Å². The molecule has 0 aromatic rings. The van der Waals surface area contributed by atoms with E-state index in [1.165, 1.54) is 13.1 Å². The van der Waals surface area contributed by atoms with Crippen LogP contribution in [0.25, 0.3) is 0 Å². The Morgan fingerprint density at radius 3 is 2.62 bits per heavy atom. The zero-order valence-electron chi connectivity index (χ0n) is 4.51. The summed E-state index contributed by atoms with van der Waals surface area (Å²) in [6, 6.07) is -0.602. The summed E-state index contributed by atoms with van der Waals surface area (Å²) in [5.74, 6) is -0.451. The van der Waals surface area contributed by atoms with Gasteiger partial charge in [-0.15, -0.1) is 0 Å². The van der Waals surface area contributed by atoms with Gasteiger partial charge in [-0.2, -0.15) is 5.26 Å². The maximum absolute atomic E-state index is 10.3. The molecule has 0 unspecified atom stereocenters. The molecule has 0 aliphatic carbocycles. The molecule has 0 spiro atoms. The molecule has 0 fully saturated rings. The number of nitrogens with one attached hydrogen (secondary N) is 1. The molecule has 0 aromatic heterocycles. The Morgan fingerprint density at radius 1 is 2.00 bits per heavy atom. The van der Waals surface area contributed by atoms with Gasteiger partial charge in [0.05, 0.1) is 6.04 Å². The van der Waals surface area contributed by atoms with Gasteiger partial charge in [-0.25, -0.2) is 0 Å². The Morgan fingerprint density at radius 2 is 2.50 bits per heavy atom. The Labute approximate surface area is 47.3 Å². The minimum Gasteiger partial charge on any atom is -0.320 e. The lowest BCUT2D eigenvalue weighted by Gasteiger charge is -1.97. The summed E-state index contributed by atoms with van der Waals surface area (Å²) < 4.78 is 0. The van der Waals surface area contributed by atoms with Crippen molar-refractivity contribution >= 4 is 5.91 Å². The monoisotopic (exact) mass is 113 g/mol. The van der Waals surface area contributed by atoms with E-state index in [2.05, 4.69) is 0 Å². The molecule has 0 aromatic carbocycles. The van der Waals surface area contributed by atoms with E-state index in [-0.39, 0.29) is 0 Å². The van der Waals surface area contributed by atoms with Gasteiger partial charge in [0.1, 0.15) is 0 Å². The quantitative estimate of drug-likeness (QED) is 0.335. The second-order valence-corrected chi connectivity index (χ2v) is 1.39. The Bertz CT molecular complexity index is 124. The zero-order chi connectivity index (χ0) is 6.57. The molecule has 1 atom stereocenters. The van der Waals surface area contributed by atoms with E-state index in [1.54, 1.807) is 0 Å². The highest BCUT2D eigenvalue weighted by molar-refractivity contribution is 5.82. The minimum atomic E-state index is -0.602. The number of hydrogen-bond acceptors (Lipinski definition) is 3. The van der Waals surface area contributed by atoms with Crippen molar-refractivity contribution in [1.29, 1.82) is 5.26 Å². The summed E-state index contributed by atoms with van der Waals surface area (Å²) in [7, 11) is 0. The van der Waals surface area contributed by atoms with Crippen molar-refractivity contribution in [2.45, 2.75) is 13.0 Å². The van der Waals surface area contributed by atoms with Crippen LogP contribution < -0.4 is 11.1 Å². The van der Waals surface area contributed by atoms with Crippen LogP contribution in [0.1, 0.15) is 6.92 Å². The molecule has 4 nitrogen and oxygen atoms in total. The normalized spacial score (nSPS) is 11.6. The lowest BCUT2D eigenvalue weighted by molar-refractivity contribution is -0.120. The zero-order valence-corrected chi connectivity index (χ0v) is 4.51. The summed E-state index contributed by atoms with van der Waals surface area (Å²) in [5, 5.41) is 9.73. The Kier molecular flexibility index (Phi) is 2.59. The van der Waals surface area contributed by atoms with Crippen molar-refractivity contribution in [3.05, 3.63) is 0 Å². The summed E-state index contributed by atoms with van der Waals surface area (Å²) in [6.45, 7) is 1.51. The molecule has 0 aliphatic rings. The van der Waals surface area contributed by atoms with Gasteiger partial charge in [0, 0.05) is 0 Å². The van der Waals surface area contributed by atoms with Gasteiger partial charge in [0.25, 0.3) is 0 Å². The summed E-state index contributed by atoms with van der Waals surface area (Å²) in [6.07, 6.45) is 1.47. The van der Waals surface area contributed by atoms with Crippen LogP contribution in [0, 0.1) is 11.5 Å². The molecule has 3 N–H and O–H groups in total. The van der Waals surface area contributed by atoms with Crippen LogP contribution in [-0.4, -0.2) is 11.9 Å². The lowest BCUT2D eigenvalue weighted by atomic mass is 10.3. The van der Waals surface area contributed by atoms with E-state index >= 15 is 0 Å². The van der Waals surface area contributed by atoms with Crippen LogP contribution in [0.2, 0.25) is 0 Å². The number of amides is 1. The first kappa shape index (κ1) is 6.92. The van der Waals surface area contributed by atoms with Crippen molar-refractivity contribution < 1.29 is 4.79 Å². The van der Waals surface area contributed by atoms with Crippen LogP contribution in [0.4, 0.5) is 0 Å². The molecule has 0 radical (unpaired) electrons. The van der Waals surface area contributed by atoms with E-state index in [0.717, 1.165) is 0 Å². The molecule has 0 saturated carbocycles. The number of carbonyl (C=O) groups excluding carboxylic acids is 1. The molecule has 8 heavy (non-hydrogen) atoms. The fourth-order valence-electron chi connectivity index (χ4n) is 0.169. The average Bonchev–Trinajstić information content (AvgIpc) is 1.67. The van der Waals surface area contributed by atoms with Crippen molar-refractivity contribution in [3.8, 4) is 6.19 Å². The molecule has 0 bridgehead atoms. The first-order valence-corrected chi connectivity index (χ1v) is 2.13. The number of carbonyl (C=O) groups is 1. The number of nitrogens with two attached hydrogens (primary N) is 1. The Balaban J connectivity index is 3.53. The summed E-state index contributed by atoms with van der Waals surface area (Å²) in [4.78, 5) is 10.3. The maximum atomic E-state index is 10.3. The number of hydrogen-bond donors (Lipinski definition) is 2. The number of nitrogens with zero attached hydrogens (tertiary/aromatic N) is 1. The summed E-state index contributed by atoms with van der Waals surface area (Å²) >= 11 is 0. The van der Waals surface area contributed by atoms with Crippen LogP contribution >= 0.6 is 0 Å². The summed E-state index contributed by atoms with van der Waals surface area (Å²) in [5.41, 5.74) is 5.06. The van der Waals surface area contributed by atoms with Gasteiger partial charge in [0.2, 0.25) is 5.91 Å². The van der Waals surface area contributed by atoms with Crippen LogP contribution in [0.5, 0.6) is 0 Å². The van der Waals surface area contributed by atoms with E-state index in [0.29, 0.717) is 0 Å². The van der Waals surface area contributed by atoms with E-state index in [9.17, 15) is 4.79 Å². The number of rotatable bonds is 1. The van der Waals surface area contributed by atoms with Crippen LogP contribution in [0.15, 0.2) is 0 Å². The highest BCUT2D eigenvalue weighted by Gasteiger charge is 2.03. The molecule has 4 heteroatoms. The minimum absolute atomic E-state index is 0.451. The average molecular weight is 113 g/mol. The van der Waals surface area contributed by atoms with Gasteiger partial charge in [-0.1, -0.05) is 0 Å². The van der Waals surface area contributed by atoms with E-state index < -0.39 is 11.9 Å². The second kappa shape index (κ2) is 2.99. The standard InChI is InChI=1S/C4H7N3O/c1-3(6)4(8)7-2-5/h3H,6H2,1H3,(H,7,8)/t3-/m0/s1. The lowest BCUT2D eigenvalue weighted by Crippen LogP contribution is -2.35. The fraction of sp³-hybridized carbons (Fsp3) is 0.500. The predicted molar refractivity (Wildman–Crippen MR) is 27.4 cm³/mol. The van der Waals surface area contributed by atoms with Gasteiger partial charge in [0.15, 0.2) is 6.19 Å². The topological polar surface area (TPSA) is 78.9 Å². The molecule has 0 heterocycles. The molecule has 0 rings (SSSR count). The highest BCUT2D eigenvalue weighted by atomic mass is 16.2. The first-order chi connectivity index (χ1) is 3.68. The third-order valence-electron chi connectivity index (χ3n) is 0.593. The second-order valence-electron chi connectivity index (χ2n) is 1.39. The van der Waals surface area contributed by atoms with E-state index in [4.69, 9.17) is 11.0 Å². The van der Waals surface area contributed by atoms with Crippen molar-refractivity contribution in [1.82, 2.24) is 5.32 Å². The first-order valence-electron chi connectivity index (χ1n) is 2.13. The largest absolute Gasteiger partial charge is 0.320 e. The molecular formula is C4H7N3O. The van der Waals surface area contributed by atoms with Crippen molar-refractivity contribution in [2.75, 3.05) is 0 Å². The molecule has 0 aliphatic heterocycles. The fourth-order valence-corrected chi connectivity index (χ4v) is 0.169. The molecule has 44 valence electrons. The SMILES string of the molecule is C[C@H](N)C(=O)NC#N. The van der Waals surface area contributed by atoms with Crippen molar-refractivity contribution in [3.63, 3.8) is 0 Å². The van der Waals surface area contributed by atoms with Crippen molar-refractivity contribution in [2.24, 2.45) is 5.73 Å². The molecular weight excluding hydrogens is 106 g/mol.